The average Bonchev–Trinajstić information content (AvgIpc) is 2.40. The molecule has 0 aromatic carbocycles. The number of nitrogens with one attached hydrogen (secondary N) is 1. The predicted octanol–water partition coefficient (Wildman–Crippen LogP) is 1.57. The second kappa shape index (κ2) is 3.59. The van der Waals surface area contributed by atoms with Crippen LogP contribution >= 0.6 is 0 Å². The van der Waals surface area contributed by atoms with Crippen molar-refractivity contribution in [2.24, 2.45) is 4.99 Å². The van der Waals surface area contributed by atoms with E-state index in [1.165, 1.54) is 12.3 Å². The summed E-state index contributed by atoms with van der Waals surface area (Å²) in [6, 6.07) is 0.501. The van der Waals surface area contributed by atoms with Crippen molar-refractivity contribution < 1.29 is 0 Å². The van der Waals surface area contributed by atoms with E-state index in [2.05, 4.69) is 24.2 Å². The van der Waals surface area contributed by atoms with Gasteiger partial charge in [0.15, 0.2) is 0 Å². The van der Waals surface area contributed by atoms with Crippen molar-refractivity contribution in [2.75, 3.05) is 6.54 Å². The molecule has 0 radical (unpaired) electrons. The highest BCUT2D eigenvalue weighted by molar-refractivity contribution is 5.83. The van der Waals surface area contributed by atoms with Crippen molar-refractivity contribution >= 4 is 5.84 Å². The molecule has 0 saturated carbocycles. The highest BCUT2D eigenvalue weighted by Crippen LogP contribution is 2.02. The highest BCUT2D eigenvalue weighted by atomic mass is 15.0. The lowest BCUT2D eigenvalue weighted by Gasteiger charge is -2.03. The SMILES string of the molecule is CCC(C)N=C1CCCN1. The summed E-state index contributed by atoms with van der Waals surface area (Å²) in [7, 11) is 0. The van der Waals surface area contributed by atoms with Gasteiger partial charge in [0.05, 0.1) is 5.84 Å². The highest BCUT2D eigenvalue weighted by Gasteiger charge is 2.06. The molecule has 58 valence electrons. The fourth-order valence-electron chi connectivity index (χ4n) is 1.04. The number of nitrogens with zero attached hydrogens (tertiary/aromatic N) is 1. The molecule has 1 unspecified atom stereocenters. The Kier molecular flexibility index (Phi) is 2.72. The molecule has 1 atom stereocenters. The Morgan fingerprint density at radius 1 is 1.70 bits per heavy atom. The second-order valence-corrected chi connectivity index (χ2v) is 2.86. The Labute approximate surface area is 62.7 Å². The third-order valence-electron chi connectivity index (χ3n) is 1.89. The maximum atomic E-state index is 4.50. The topological polar surface area (TPSA) is 24.4 Å². The molecule has 10 heavy (non-hydrogen) atoms. The van der Waals surface area contributed by atoms with E-state index in [9.17, 15) is 0 Å². The van der Waals surface area contributed by atoms with Crippen LogP contribution < -0.4 is 5.32 Å². The van der Waals surface area contributed by atoms with Crippen molar-refractivity contribution in [1.29, 1.82) is 0 Å². The Bertz CT molecular complexity index is 121. The van der Waals surface area contributed by atoms with E-state index in [0.717, 1.165) is 19.4 Å². The Hall–Kier alpha value is -0.530. The first kappa shape index (κ1) is 7.58. The summed E-state index contributed by atoms with van der Waals surface area (Å²) >= 11 is 0. The van der Waals surface area contributed by atoms with Gasteiger partial charge in [-0.2, -0.15) is 0 Å². The number of rotatable bonds is 2. The van der Waals surface area contributed by atoms with Crippen LogP contribution in [-0.2, 0) is 0 Å². The van der Waals surface area contributed by atoms with Crippen LogP contribution in [0.25, 0.3) is 0 Å². The first-order valence-corrected chi connectivity index (χ1v) is 4.13. The molecule has 1 heterocycles. The first-order chi connectivity index (χ1) is 4.83. The van der Waals surface area contributed by atoms with Crippen LogP contribution in [0.1, 0.15) is 33.1 Å². The van der Waals surface area contributed by atoms with E-state index in [1.54, 1.807) is 0 Å². The van der Waals surface area contributed by atoms with Gasteiger partial charge < -0.3 is 5.32 Å². The van der Waals surface area contributed by atoms with Crippen LogP contribution in [0.3, 0.4) is 0 Å². The van der Waals surface area contributed by atoms with Crippen LogP contribution in [0.4, 0.5) is 0 Å². The van der Waals surface area contributed by atoms with Crippen LogP contribution in [0.5, 0.6) is 0 Å². The molecule has 1 saturated heterocycles. The van der Waals surface area contributed by atoms with Crippen molar-refractivity contribution in [3.63, 3.8) is 0 Å². The zero-order valence-electron chi connectivity index (χ0n) is 6.85. The Morgan fingerprint density at radius 2 is 2.50 bits per heavy atom. The Balaban J connectivity index is 2.37. The molecule has 0 spiro atoms. The molecule has 1 aliphatic rings. The van der Waals surface area contributed by atoms with E-state index in [0.29, 0.717) is 6.04 Å². The van der Waals surface area contributed by atoms with E-state index in [4.69, 9.17) is 0 Å². The summed E-state index contributed by atoms with van der Waals surface area (Å²) in [4.78, 5) is 4.50. The van der Waals surface area contributed by atoms with Gasteiger partial charge in [0.1, 0.15) is 0 Å². The molecule has 0 aromatic rings. The summed E-state index contributed by atoms with van der Waals surface area (Å²) in [6.45, 7) is 5.45. The number of hydrogen-bond donors (Lipinski definition) is 1. The van der Waals surface area contributed by atoms with E-state index < -0.39 is 0 Å². The van der Waals surface area contributed by atoms with Crippen LogP contribution in [-0.4, -0.2) is 18.4 Å². The summed E-state index contributed by atoms with van der Waals surface area (Å²) in [6.07, 6.45) is 3.56. The number of amidine groups is 1. The summed E-state index contributed by atoms with van der Waals surface area (Å²) in [5.74, 6) is 1.22. The van der Waals surface area contributed by atoms with Crippen LogP contribution in [0.2, 0.25) is 0 Å². The van der Waals surface area contributed by atoms with Crippen molar-refractivity contribution in [2.45, 2.75) is 39.2 Å². The lowest BCUT2D eigenvalue weighted by Crippen LogP contribution is -2.16. The normalized spacial score (nSPS) is 24.8. The minimum absolute atomic E-state index is 0.501. The zero-order chi connectivity index (χ0) is 7.40. The minimum Gasteiger partial charge on any atom is -0.374 e. The predicted molar refractivity (Wildman–Crippen MR) is 44.4 cm³/mol. The molecule has 0 aliphatic carbocycles. The van der Waals surface area contributed by atoms with Gasteiger partial charge in [0.25, 0.3) is 0 Å². The lowest BCUT2D eigenvalue weighted by atomic mass is 10.3. The molecule has 0 amide bonds. The van der Waals surface area contributed by atoms with Crippen LogP contribution in [0.15, 0.2) is 4.99 Å². The molecular weight excluding hydrogens is 124 g/mol. The van der Waals surface area contributed by atoms with E-state index >= 15 is 0 Å². The van der Waals surface area contributed by atoms with Gasteiger partial charge in [0, 0.05) is 19.0 Å². The molecule has 1 fully saturated rings. The molecule has 2 nitrogen and oxygen atoms in total. The van der Waals surface area contributed by atoms with Crippen molar-refractivity contribution in [3.8, 4) is 0 Å². The average molecular weight is 140 g/mol. The van der Waals surface area contributed by atoms with Crippen molar-refractivity contribution in [3.05, 3.63) is 0 Å². The first-order valence-electron chi connectivity index (χ1n) is 4.13. The molecular formula is C8H16N2. The standard InChI is InChI=1S/C8H16N2/c1-3-7(2)10-8-5-4-6-9-8/h7H,3-6H2,1-2H3,(H,9,10). The lowest BCUT2D eigenvalue weighted by molar-refractivity contribution is 0.712. The Morgan fingerprint density at radius 3 is 3.00 bits per heavy atom. The molecule has 1 N–H and O–H groups in total. The monoisotopic (exact) mass is 140 g/mol. The smallest absolute Gasteiger partial charge is 0.0967 e. The summed E-state index contributed by atoms with van der Waals surface area (Å²) in [5, 5.41) is 3.27. The minimum atomic E-state index is 0.501. The van der Waals surface area contributed by atoms with E-state index in [1.807, 2.05) is 0 Å². The third-order valence-corrected chi connectivity index (χ3v) is 1.89. The van der Waals surface area contributed by atoms with Gasteiger partial charge in [-0.05, 0) is 19.8 Å². The van der Waals surface area contributed by atoms with Gasteiger partial charge in [-0.1, -0.05) is 6.92 Å². The zero-order valence-corrected chi connectivity index (χ0v) is 6.85. The van der Waals surface area contributed by atoms with Gasteiger partial charge in [-0.25, -0.2) is 0 Å². The van der Waals surface area contributed by atoms with Gasteiger partial charge in [-0.3, -0.25) is 4.99 Å². The molecule has 0 bridgehead atoms. The van der Waals surface area contributed by atoms with Crippen LogP contribution in [0, 0.1) is 0 Å². The van der Waals surface area contributed by atoms with Gasteiger partial charge in [-0.15, -0.1) is 0 Å². The quantitative estimate of drug-likeness (QED) is 0.618. The number of hydrogen-bond acceptors (Lipinski definition) is 1. The summed E-state index contributed by atoms with van der Waals surface area (Å²) < 4.78 is 0. The fourth-order valence-corrected chi connectivity index (χ4v) is 1.04. The fraction of sp³-hybridized carbons (Fsp3) is 0.875. The molecule has 1 rings (SSSR count). The molecule has 0 aromatic heterocycles. The number of aliphatic imine (C=N–C) groups is 1. The maximum Gasteiger partial charge on any atom is 0.0967 e. The maximum absolute atomic E-state index is 4.50. The van der Waals surface area contributed by atoms with E-state index in [-0.39, 0.29) is 0 Å². The second-order valence-electron chi connectivity index (χ2n) is 2.86. The summed E-state index contributed by atoms with van der Waals surface area (Å²) in [5.41, 5.74) is 0. The van der Waals surface area contributed by atoms with Gasteiger partial charge in [0.2, 0.25) is 0 Å². The largest absolute Gasteiger partial charge is 0.374 e. The third kappa shape index (κ3) is 2.01. The van der Waals surface area contributed by atoms with Crippen molar-refractivity contribution in [1.82, 2.24) is 5.32 Å². The molecule has 2 heteroatoms. The molecule has 1 aliphatic heterocycles. The van der Waals surface area contributed by atoms with Gasteiger partial charge >= 0.3 is 0 Å².